The van der Waals surface area contributed by atoms with E-state index in [-0.39, 0.29) is 6.10 Å². The Kier molecular flexibility index (Phi) is 3.45. The Balaban J connectivity index is 1.74. The van der Waals surface area contributed by atoms with Crippen LogP contribution in [0.15, 0.2) is 31.1 Å². The normalized spacial score (nSPS) is 16.7. The average molecular weight is 262 g/mol. The monoisotopic (exact) mass is 262 g/mol. The van der Waals surface area contributed by atoms with Crippen molar-refractivity contribution in [3.05, 3.63) is 31.1 Å². The summed E-state index contributed by atoms with van der Waals surface area (Å²) >= 11 is 1.99. The van der Waals surface area contributed by atoms with E-state index in [2.05, 4.69) is 15.0 Å². The second-order valence-electron chi connectivity index (χ2n) is 4.11. The second kappa shape index (κ2) is 5.39. The molecule has 2 aromatic rings. The van der Waals surface area contributed by atoms with Crippen molar-refractivity contribution in [1.29, 1.82) is 0 Å². The van der Waals surface area contributed by atoms with Gasteiger partial charge in [0, 0.05) is 18.5 Å². The first-order chi connectivity index (χ1) is 8.92. The molecule has 1 aliphatic rings. The molecule has 2 aromatic heterocycles. The molecule has 5 nitrogen and oxygen atoms in total. The van der Waals surface area contributed by atoms with Crippen molar-refractivity contribution >= 4 is 11.8 Å². The van der Waals surface area contributed by atoms with Crippen molar-refractivity contribution in [2.24, 2.45) is 0 Å². The summed E-state index contributed by atoms with van der Waals surface area (Å²) in [5.41, 5.74) is 0. The highest BCUT2D eigenvalue weighted by atomic mass is 32.2. The van der Waals surface area contributed by atoms with E-state index in [9.17, 15) is 0 Å². The first kappa shape index (κ1) is 11.5. The van der Waals surface area contributed by atoms with Crippen molar-refractivity contribution < 1.29 is 4.74 Å². The highest BCUT2D eigenvalue weighted by Crippen LogP contribution is 2.22. The molecule has 0 aliphatic carbocycles. The molecule has 94 valence electrons. The molecule has 6 heteroatoms. The van der Waals surface area contributed by atoms with Gasteiger partial charge in [-0.15, -0.1) is 0 Å². The zero-order valence-electron chi connectivity index (χ0n) is 9.90. The van der Waals surface area contributed by atoms with Crippen molar-refractivity contribution in [2.75, 3.05) is 11.5 Å². The molecular weight excluding hydrogens is 248 g/mol. The van der Waals surface area contributed by atoms with Gasteiger partial charge in [0.05, 0.1) is 0 Å². The molecule has 0 spiro atoms. The molecule has 3 rings (SSSR count). The fourth-order valence-electron chi connectivity index (χ4n) is 1.89. The molecule has 0 N–H and O–H groups in total. The largest absolute Gasteiger partial charge is 0.474 e. The minimum absolute atomic E-state index is 0.289. The van der Waals surface area contributed by atoms with Crippen molar-refractivity contribution in [3.8, 4) is 11.7 Å². The Morgan fingerprint density at radius 2 is 2.17 bits per heavy atom. The molecular formula is C12H14N4OS. The number of hydrogen-bond acceptors (Lipinski definition) is 5. The number of ether oxygens (including phenoxy) is 1. The van der Waals surface area contributed by atoms with E-state index >= 15 is 0 Å². The van der Waals surface area contributed by atoms with Crippen LogP contribution in [0.2, 0.25) is 0 Å². The molecule has 1 fully saturated rings. The average Bonchev–Trinajstić information content (AvgIpc) is 2.94. The van der Waals surface area contributed by atoms with Gasteiger partial charge in [-0.2, -0.15) is 11.8 Å². The first-order valence-corrected chi connectivity index (χ1v) is 7.12. The highest BCUT2D eigenvalue weighted by Gasteiger charge is 2.16. The molecule has 0 unspecified atom stereocenters. The van der Waals surface area contributed by atoms with Crippen LogP contribution >= 0.6 is 11.8 Å². The maximum absolute atomic E-state index is 5.90. The number of rotatable bonds is 3. The lowest BCUT2D eigenvalue weighted by molar-refractivity contribution is 0.184. The van der Waals surface area contributed by atoms with Crippen LogP contribution in [0, 0.1) is 0 Å². The van der Waals surface area contributed by atoms with Crippen LogP contribution in [-0.4, -0.2) is 37.1 Å². The van der Waals surface area contributed by atoms with Crippen LogP contribution in [0.1, 0.15) is 12.8 Å². The molecule has 0 amide bonds. The zero-order chi connectivity index (χ0) is 12.2. The minimum atomic E-state index is 0.289. The van der Waals surface area contributed by atoms with E-state index in [0.29, 0.717) is 5.88 Å². The van der Waals surface area contributed by atoms with Gasteiger partial charge in [-0.1, -0.05) is 0 Å². The summed E-state index contributed by atoms with van der Waals surface area (Å²) in [6.07, 6.45) is 9.29. The lowest BCUT2D eigenvalue weighted by Crippen LogP contribution is -2.22. The predicted molar refractivity (Wildman–Crippen MR) is 70.1 cm³/mol. The molecule has 0 aromatic carbocycles. The van der Waals surface area contributed by atoms with Crippen LogP contribution in [0.5, 0.6) is 5.88 Å². The Hall–Kier alpha value is -1.56. The Morgan fingerprint density at radius 1 is 1.28 bits per heavy atom. The van der Waals surface area contributed by atoms with Crippen LogP contribution in [-0.2, 0) is 0 Å². The summed E-state index contributed by atoms with van der Waals surface area (Å²) in [5, 5.41) is 0. The highest BCUT2D eigenvalue weighted by molar-refractivity contribution is 7.99. The maximum Gasteiger partial charge on any atom is 0.218 e. The van der Waals surface area contributed by atoms with E-state index in [1.54, 1.807) is 12.5 Å². The van der Waals surface area contributed by atoms with E-state index < -0.39 is 0 Å². The lowest BCUT2D eigenvalue weighted by atomic mass is 10.2. The van der Waals surface area contributed by atoms with Gasteiger partial charge >= 0.3 is 0 Å². The topological polar surface area (TPSA) is 52.8 Å². The molecule has 0 atom stereocenters. The zero-order valence-corrected chi connectivity index (χ0v) is 10.7. The van der Waals surface area contributed by atoms with Gasteiger partial charge in [0.2, 0.25) is 5.88 Å². The summed E-state index contributed by atoms with van der Waals surface area (Å²) in [7, 11) is 0. The first-order valence-electron chi connectivity index (χ1n) is 5.96. The van der Waals surface area contributed by atoms with Crippen molar-refractivity contribution in [3.63, 3.8) is 0 Å². The number of aromatic nitrogens is 4. The Labute approximate surface area is 110 Å². The van der Waals surface area contributed by atoms with Crippen LogP contribution in [0.3, 0.4) is 0 Å². The quantitative estimate of drug-likeness (QED) is 0.846. The fraction of sp³-hybridized carbons (Fsp3) is 0.417. The van der Waals surface area contributed by atoms with Gasteiger partial charge in [0.1, 0.15) is 24.6 Å². The summed E-state index contributed by atoms with van der Waals surface area (Å²) in [6, 6.07) is 1.85. The molecule has 0 bridgehead atoms. The van der Waals surface area contributed by atoms with Crippen LogP contribution in [0.25, 0.3) is 5.82 Å². The van der Waals surface area contributed by atoms with E-state index in [4.69, 9.17) is 4.74 Å². The lowest BCUT2D eigenvalue weighted by Gasteiger charge is -2.22. The summed E-state index contributed by atoms with van der Waals surface area (Å²) in [5.74, 6) is 3.77. The third-order valence-corrected chi connectivity index (χ3v) is 3.90. The standard InChI is InChI=1S/C12H14N4OS/c1-5-18-6-2-10(1)17-12-7-11(14-8-15-12)16-4-3-13-9-16/h3-4,7-10H,1-2,5-6H2. The molecule has 0 radical (unpaired) electrons. The summed E-state index contributed by atoms with van der Waals surface area (Å²) in [4.78, 5) is 12.4. The molecule has 1 saturated heterocycles. The van der Waals surface area contributed by atoms with E-state index in [0.717, 1.165) is 18.7 Å². The maximum atomic E-state index is 5.90. The number of imidazole rings is 1. The fourth-order valence-corrected chi connectivity index (χ4v) is 2.96. The molecule has 18 heavy (non-hydrogen) atoms. The Morgan fingerprint density at radius 3 is 2.94 bits per heavy atom. The third-order valence-electron chi connectivity index (χ3n) is 2.85. The van der Waals surface area contributed by atoms with Gasteiger partial charge in [-0.25, -0.2) is 15.0 Å². The SMILES string of the molecule is c1cn(-c2cc(OC3CCSCC3)ncn2)cn1. The van der Waals surface area contributed by atoms with Crippen molar-refractivity contribution in [2.45, 2.75) is 18.9 Å². The minimum Gasteiger partial charge on any atom is -0.474 e. The molecule has 1 aliphatic heterocycles. The van der Waals surface area contributed by atoms with Crippen LogP contribution in [0.4, 0.5) is 0 Å². The van der Waals surface area contributed by atoms with Gasteiger partial charge < -0.3 is 4.74 Å². The summed E-state index contributed by atoms with van der Waals surface area (Å²) in [6.45, 7) is 0. The van der Waals surface area contributed by atoms with E-state index in [1.165, 1.54) is 17.8 Å². The number of nitrogens with zero attached hydrogens (tertiary/aromatic N) is 4. The molecule has 3 heterocycles. The van der Waals surface area contributed by atoms with Gasteiger partial charge in [0.15, 0.2) is 0 Å². The van der Waals surface area contributed by atoms with Gasteiger partial charge in [0.25, 0.3) is 0 Å². The number of hydrogen-bond donors (Lipinski definition) is 0. The van der Waals surface area contributed by atoms with Crippen molar-refractivity contribution in [1.82, 2.24) is 19.5 Å². The van der Waals surface area contributed by atoms with Crippen LogP contribution < -0.4 is 4.74 Å². The van der Waals surface area contributed by atoms with Gasteiger partial charge in [-0.05, 0) is 24.3 Å². The Bertz CT molecular complexity index is 497. The van der Waals surface area contributed by atoms with E-state index in [1.807, 2.05) is 28.6 Å². The molecule has 0 saturated carbocycles. The second-order valence-corrected chi connectivity index (χ2v) is 5.34. The van der Waals surface area contributed by atoms with Gasteiger partial charge in [-0.3, -0.25) is 4.57 Å². The third kappa shape index (κ3) is 2.64. The smallest absolute Gasteiger partial charge is 0.218 e. The summed E-state index contributed by atoms with van der Waals surface area (Å²) < 4.78 is 7.73. The predicted octanol–water partition coefficient (Wildman–Crippen LogP) is 1.94. The number of thioether (sulfide) groups is 1.